The summed E-state index contributed by atoms with van der Waals surface area (Å²) in [6, 6.07) is 0. The minimum Gasteiger partial charge on any atom is 2.00 e. The van der Waals surface area contributed by atoms with Gasteiger partial charge in [0.15, 0.2) is 0 Å². The molecule has 4 nitrogen and oxygen atoms in total. The molecule has 0 atom stereocenters. The number of carbonyl (C=O) groups is 2. The number of carboxylic acids is 2. The zero-order valence-corrected chi connectivity index (χ0v) is 8.00. The average Bonchev–Trinajstić information content (AvgIpc) is 1.60. The summed E-state index contributed by atoms with van der Waals surface area (Å²) in [5.41, 5.74) is 0. The van der Waals surface area contributed by atoms with Gasteiger partial charge in [0.05, 0.1) is 0 Å². The van der Waals surface area contributed by atoms with Crippen LogP contribution >= 0.6 is 0 Å². The van der Waals surface area contributed by atoms with E-state index in [9.17, 15) is 7.21 Å². The molecule has 0 aromatic heterocycles. The Morgan fingerprint density at radius 1 is 1.08 bits per heavy atom. The van der Waals surface area contributed by atoms with Crippen molar-refractivity contribution in [3.05, 3.63) is 0 Å². The predicted octanol–water partition coefficient (Wildman–Crippen LogP) is -1.65. The number of hydrogen-bond acceptors (Lipinski definition) is 4. The number of hydrogen-bond donors (Lipinski definition) is 0. The van der Waals surface area contributed by atoms with Crippen molar-refractivity contribution >= 4 is 11.9 Å². The van der Waals surface area contributed by atoms with Gasteiger partial charge in [0.1, 0.15) is 0 Å². The SMILES string of the molecule is CC(=O)[O-].CC(=O)[O-].[F][Ni][F].[Ni+2]. The molecule has 0 fully saturated rings. The molecule has 8 heteroatoms. The second-order valence-electron chi connectivity index (χ2n) is 1.03. The molecule has 0 aromatic rings. The van der Waals surface area contributed by atoms with Crippen LogP contribution in [0.15, 0.2) is 0 Å². The molecule has 0 aliphatic rings. The summed E-state index contributed by atoms with van der Waals surface area (Å²) in [6.07, 6.45) is 0. The Morgan fingerprint density at radius 3 is 1.08 bits per heavy atom. The standard InChI is InChI=1S/2C2H4O2.2FH.2Ni/c2*1-2(3)4;;;;/h2*1H3,(H,3,4);2*1H;;/q;;;;2*+2/p-4. The molecule has 0 aliphatic heterocycles. The van der Waals surface area contributed by atoms with Crippen LogP contribution in [0.1, 0.15) is 13.8 Å². The Kier molecular flexibility index (Phi) is 42.3. The van der Waals surface area contributed by atoms with E-state index in [-0.39, 0.29) is 16.5 Å². The van der Waals surface area contributed by atoms with Crippen LogP contribution in [0, 0.1) is 0 Å². The van der Waals surface area contributed by atoms with Gasteiger partial charge in [-0.3, -0.25) is 0 Å². The quantitative estimate of drug-likeness (QED) is 0.495. The first-order valence-electron chi connectivity index (χ1n) is 2.06. The molecule has 0 amide bonds. The number of carboxylic acid groups (broad SMARTS) is 2. The zero-order chi connectivity index (χ0) is 9.86. The maximum atomic E-state index is 9.56. The van der Waals surface area contributed by atoms with Crippen molar-refractivity contribution in [1.82, 2.24) is 0 Å². The van der Waals surface area contributed by atoms with Crippen molar-refractivity contribution in [3.63, 3.8) is 0 Å². The number of carbonyl (C=O) groups excluding carboxylic acids is 2. The van der Waals surface area contributed by atoms with Crippen LogP contribution in [-0.2, 0) is 41.4 Å². The van der Waals surface area contributed by atoms with E-state index in [1.165, 1.54) is 0 Å². The molecular weight excluding hydrogens is 267 g/mol. The monoisotopic (exact) mass is 272 g/mol. The molecule has 0 rings (SSSR count). The summed E-state index contributed by atoms with van der Waals surface area (Å²) in [5.74, 6) is -2.17. The molecule has 0 bridgehead atoms. The van der Waals surface area contributed by atoms with Gasteiger partial charge in [-0.25, -0.2) is 0 Å². The average molecular weight is 273 g/mol. The maximum Gasteiger partial charge on any atom is 2.00 e. The largest absolute Gasteiger partial charge is 2.00 e. The first kappa shape index (κ1) is 22.6. The third-order valence-corrected chi connectivity index (χ3v) is 0. The van der Waals surface area contributed by atoms with Gasteiger partial charge in [-0.05, 0) is 13.8 Å². The molecule has 0 heterocycles. The van der Waals surface area contributed by atoms with Crippen molar-refractivity contribution in [2.24, 2.45) is 0 Å². The van der Waals surface area contributed by atoms with E-state index < -0.39 is 27.3 Å². The van der Waals surface area contributed by atoms with Gasteiger partial charge in [0.2, 0.25) is 0 Å². The van der Waals surface area contributed by atoms with E-state index >= 15 is 0 Å². The van der Waals surface area contributed by atoms with Crippen molar-refractivity contribution in [3.8, 4) is 0 Å². The van der Waals surface area contributed by atoms with E-state index in [2.05, 4.69) is 0 Å². The molecule has 0 saturated heterocycles. The van der Waals surface area contributed by atoms with Crippen molar-refractivity contribution in [2.45, 2.75) is 13.8 Å². The van der Waals surface area contributed by atoms with Gasteiger partial charge in [-0.2, -0.15) is 0 Å². The van der Waals surface area contributed by atoms with Crippen LogP contribution in [0.2, 0.25) is 0 Å². The summed E-state index contributed by atoms with van der Waals surface area (Å²) in [5, 5.41) is 17.8. The Bertz CT molecular complexity index is 91.2. The summed E-state index contributed by atoms with van der Waals surface area (Å²) >= 11 is -1.38. The summed E-state index contributed by atoms with van der Waals surface area (Å²) in [7, 11) is 0. The van der Waals surface area contributed by atoms with E-state index in [1.807, 2.05) is 0 Å². The van der Waals surface area contributed by atoms with Crippen molar-refractivity contribution in [1.29, 1.82) is 0 Å². The summed E-state index contributed by atoms with van der Waals surface area (Å²) in [6.45, 7) is 1.94. The molecule has 0 aromatic carbocycles. The van der Waals surface area contributed by atoms with E-state index in [4.69, 9.17) is 19.8 Å². The molecule has 12 heavy (non-hydrogen) atoms. The molecule has 0 saturated carbocycles. The van der Waals surface area contributed by atoms with Gasteiger partial charge in [0, 0.05) is 11.9 Å². The topological polar surface area (TPSA) is 80.3 Å². The number of aliphatic carboxylic acids is 2. The summed E-state index contributed by atoms with van der Waals surface area (Å²) < 4.78 is 19.1. The van der Waals surface area contributed by atoms with E-state index in [0.717, 1.165) is 13.8 Å². The smallest absolute Gasteiger partial charge is 2.00 e. The van der Waals surface area contributed by atoms with Gasteiger partial charge < -0.3 is 19.8 Å². The van der Waals surface area contributed by atoms with Crippen molar-refractivity contribution < 1.29 is 58.8 Å². The van der Waals surface area contributed by atoms with Gasteiger partial charge in [-0.1, -0.05) is 0 Å². The molecule has 0 aliphatic carbocycles. The van der Waals surface area contributed by atoms with E-state index in [0.29, 0.717) is 0 Å². The molecule has 0 radical (unpaired) electrons. The van der Waals surface area contributed by atoms with Crippen LogP contribution < -0.4 is 10.2 Å². The minimum absolute atomic E-state index is 0. The maximum absolute atomic E-state index is 9.56. The Hall–Kier alpha value is -0.213. The molecule has 0 spiro atoms. The Morgan fingerprint density at radius 2 is 1.08 bits per heavy atom. The molecule has 0 N–H and O–H groups in total. The fourth-order valence-electron chi connectivity index (χ4n) is 0. The Labute approximate surface area is 84.9 Å². The van der Waals surface area contributed by atoms with Crippen LogP contribution in [0.4, 0.5) is 7.21 Å². The fourth-order valence-corrected chi connectivity index (χ4v) is 0. The second kappa shape index (κ2) is 22.4. The summed E-state index contributed by atoms with van der Waals surface area (Å²) in [4.78, 5) is 17.8. The first-order chi connectivity index (χ1) is 4.88. The Balaban J connectivity index is -0.0000000389. The van der Waals surface area contributed by atoms with Crippen LogP contribution in [0.3, 0.4) is 0 Å². The van der Waals surface area contributed by atoms with E-state index in [1.54, 1.807) is 0 Å². The van der Waals surface area contributed by atoms with Crippen LogP contribution in [0.5, 0.6) is 0 Å². The number of rotatable bonds is 0. The first-order valence-corrected chi connectivity index (χ1v) is 2.80. The molecule has 0 unspecified atom stereocenters. The third-order valence-electron chi connectivity index (χ3n) is 0. The van der Waals surface area contributed by atoms with Crippen LogP contribution in [0.25, 0.3) is 0 Å². The number of halogens is 2. The second-order valence-corrected chi connectivity index (χ2v) is 1.17. The normalized spacial score (nSPS) is 6.00. The zero-order valence-electron chi connectivity index (χ0n) is 6.02. The van der Waals surface area contributed by atoms with Gasteiger partial charge in [-0.15, -0.1) is 0 Å². The molecule has 80 valence electrons. The molecular formula is C4H6F2Ni2O4. The van der Waals surface area contributed by atoms with Gasteiger partial charge in [0.25, 0.3) is 0 Å². The minimum atomic E-state index is -1.38. The third kappa shape index (κ3) is 16700. The van der Waals surface area contributed by atoms with Crippen LogP contribution in [-0.4, -0.2) is 11.9 Å². The predicted molar refractivity (Wildman–Crippen MR) is 23.6 cm³/mol. The van der Waals surface area contributed by atoms with Gasteiger partial charge >= 0.3 is 39.0 Å². The van der Waals surface area contributed by atoms with Crippen molar-refractivity contribution in [2.75, 3.05) is 0 Å². The fraction of sp³-hybridized carbons (Fsp3) is 0.500.